The molecule has 0 spiro atoms. The molecule has 5 nitrogen and oxygen atoms in total. The van der Waals surface area contributed by atoms with E-state index in [-0.39, 0.29) is 11.6 Å². The third-order valence-electron chi connectivity index (χ3n) is 3.88. The average molecular weight is 316 g/mol. The Morgan fingerprint density at radius 3 is 3.00 bits per heavy atom. The smallest absolute Gasteiger partial charge is 0.268 e. The number of hydrogen-bond donors (Lipinski definition) is 2. The van der Waals surface area contributed by atoms with E-state index < -0.39 is 5.82 Å². The van der Waals surface area contributed by atoms with Crippen LogP contribution in [0.3, 0.4) is 0 Å². The van der Waals surface area contributed by atoms with Gasteiger partial charge in [-0.15, -0.1) is 11.3 Å². The number of H-pyrrole nitrogens is 1. The van der Waals surface area contributed by atoms with Crippen LogP contribution in [0.1, 0.15) is 24.7 Å². The number of hydrogen-bond acceptors (Lipinski definition) is 5. The van der Waals surface area contributed by atoms with Gasteiger partial charge in [0.2, 0.25) is 0 Å². The first kappa shape index (κ1) is 13.5. The molecule has 1 aliphatic rings. The first-order valence-electron chi connectivity index (χ1n) is 7.02. The molecule has 1 atom stereocenters. The zero-order valence-electron chi connectivity index (χ0n) is 11.5. The van der Waals surface area contributed by atoms with Crippen molar-refractivity contribution >= 4 is 21.6 Å². The van der Waals surface area contributed by atoms with E-state index in [1.54, 1.807) is 12.1 Å². The van der Waals surface area contributed by atoms with Gasteiger partial charge in [0.05, 0.1) is 17.8 Å². The van der Waals surface area contributed by atoms with Crippen molar-refractivity contribution in [3.05, 3.63) is 46.5 Å². The van der Waals surface area contributed by atoms with Gasteiger partial charge in [-0.3, -0.25) is 9.78 Å². The Labute approximate surface area is 129 Å². The van der Waals surface area contributed by atoms with Gasteiger partial charge in [-0.2, -0.15) is 0 Å². The highest BCUT2D eigenvalue weighted by Crippen LogP contribution is 2.39. The lowest BCUT2D eigenvalue weighted by Gasteiger charge is -2.08. The Hall–Kier alpha value is -2.12. The van der Waals surface area contributed by atoms with Crippen molar-refractivity contribution in [3.63, 3.8) is 0 Å². The molecule has 0 unspecified atom stereocenters. The molecule has 0 radical (unpaired) electrons. The number of aromatic amines is 1. The van der Waals surface area contributed by atoms with Crippen molar-refractivity contribution in [2.24, 2.45) is 11.7 Å². The van der Waals surface area contributed by atoms with Gasteiger partial charge in [0.1, 0.15) is 16.3 Å². The van der Waals surface area contributed by atoms with Crippen LogP contribution < -0.4 is 11.3 Å². The fourth-order valence-electron chi connectivity index (χ4n) is 2.50. The maximum absolute atomic E-state index is 13.8. The fourth-order valence-corrected chi connectivity index (χ4v) is 3.52. The average Bonchev–Trinajstić information content (AvgIpc) is 3.26. The highest BCUT2D eigenvalue weighted by molar-refractivity contribution is 7.22. The van der Waals surface area contributed by atoms with Crippen molar-refractivity contribution in [2.45, 2.75) is 18.9 Å². The van der Waals surface area contributed by atoms with Crippen LogP contribution in [0.4, 0.5) is 4.39 Å². The monoisotopic (exact) mass is 316 g/mol. The van der Waals surface area contributed by atoms with E-state index in [9.17, 15) is 9.18 Å². The van der Waals surface area contributed by atoms with Crippen molar-refractivity contribution in [3.8, 4) is 10.4 Å². The summed E-state index contributed by atoms with van der Waals surface area (Å²) in [5, 5.41) is 0. The zero-order chi connectivity index (χ0) is 15.3. The van der Waals surface area contributed by atoms with Gasteiger partial charge >= 0.3 is 0 Å². The minimum atomic E-state index is -0.416. The van der Waals surface area contributed by atoms with Crippen LogP contribution in [0, 0.1) is 11.7 Å². The fraction of sp³-hybridized carbons (Fsp3) is 0.267. The molecule has 3 aromatic heterocycles. The Morgan fingerprint density at radius 2 is 2.27 bits per heavy atom. The zero-order valence-corrected chi connectivity index (χ0v) is 12.4. The molecule has 0 saturated heterocycles. The summed E-state index contributed by atoms with van der Waals surface area (Å²) in [6, 6.07) is 3.08. The molecule has 7 heteroatoms. The first-order valence-corrected chi connectivity index (χ1v) is 7.84. The number of fused-ring (bicyclic) bond motifs is 1. The third-order valence-corrected chi connectivity index (χ3v) is 5.04. The second-order valence-electron chi connectivity index (χ2n) is 5.49. The summed E-state index contributed by atoms with van der Waals surface area (Å²) in [6.07, 6.45) is 4.82. The first-order chi connectivity index (χ1) is 10.6. The number of halogens is 1. The summed E-state index contributed by atoms with van der Waals surface area (Å²) in [4.78, 5) is 23.9. The van der Waals surface area contributed by atoms with Crippen LogP contribution in [0.15, 0.2) is 29.3 Å². The maximum Gasteiger partial charge on any atom is 0.268 e. The van der Waals surface area contributed by atoms with Gasteiger partial charge in [-0.25, -0.2) is 9.37 Å². The van der Waals surface area contributed by atoms with Gasteiger partial charge < -0.3 is 10.7 Å². The number of nitrogens with zero attached hydrogens (tertiary/aromatic N) is 2. The van der Waals surface area contributed by atoms with Gasteiger partial charge in [0.15, 0.2) is 0 Å². The number of aromatic nitrogens is 3. The molecule has 22 heavy (non-hydrogen) atoms. The lowest BCUT2D eigenvalue weighted by atomic mass is 10.2. The number of rotatable bonds is 3. The molecule has 0 amide bonds. The van der Waals surface area contributed by atoms with Crippen molar-refractivity contribution in [1.82, 2.24) is 15.0 Å². The topological polar surface area (TPSA) is 84.7 Å². The van der Waals surface area contributed by atoms with E-state index >= 15 is 0 Å². The van der Waals surface area contributed by atoms with E-state index in [2.05, 4.69) is 15.0 Å². The molecule has 1 aliphatic carbocycles. The lowest BCUT2D eigenvalue weighted by molar-refractivity contribution is 0.594. The third kappa shape index (κ3) is 2.22. The molecule has 0 bridgehead atoms. The van der Waals surface area contributed by atoms with E-state index in [4.69, 9.17) is 5.73 Å². The highest BCUT2D eigenvalue weighted by atomic mass is 32.1. The summed E-state index contributed by atoms with van der Waals surface area (Å²) >= 11 is 1.22. The normalized spacial score (nSPS) is 16.1. The number of pyridine rings is 1. The summed E-state index contributed by atoms with van der Waals surface area (Å²) < 4.78 is 14.3. The standard InChI is InChI=1S/C15H13FN4OS/c16-9-6-18-4-3-8(9)11-5-10-13(22-11)15(21)20-14(19-10)12(17)7-1-2-7/h3-7,12H,1-2,17H2,(H,19,20,21)/t12-/m0/s1. The van der Waals surface area contributed by atoms with Crippen LogP contribution in [0.2, 0.25) is 0 Å². The quantitative estimate of drug-likeness (QED) is 0.778. The van der Waals surface area contributed by atoms with Crippen LogP contribution in [0.5, 0.6) is 0 Å². The van der Waals surface area contributed by atoms with Crippen molar-refractivity contribution in [1.29, 1.82) is 0 Å². The summed E-state index contributed by atoms with van der Waals surface area (Å²) in [5.41, 5.74) is 6.87. The predicted octanol–water partition coefficient (Wildman–Crippen LogP) is 2.60. The Morgan fingerprint density at radius 1 is 1.45 bits per heavy atom. The molecule has 3 heterocycles. The minimum absolute atomic E-state index is 0.221. The Bertz CT molecular complexity index is 915. The van der Waals surface area contributed by atoms with Gasteiger partial charge in [-0.05, 0) is 30.9 Å². The van der Waals surface area contributed by atoms with Gasteiger partial charge in [0.25, 0.3) is 5.56 Å². The van der Waals surface area contributed by atoms with Crippen molar-refractivity contribution in [2.75, 3.05) is 0 Å². The number of nitrogens with one attached hydrogen (secondary N) is 1. The molecule has 1 fully saturated rings. The van der Waals surface area contributed by atoms with E-state index in [1.165, 1.54) is 17.5 Å². The molecule has 4 rings (SSSR count). The minimum Gasteiger partial charge on any atom is -0.321 e. The van der Waals surface area contributed by atoms with Crippen molar-refractivity contribution < 1.29 is 4.39 Å². The lowest BCUT2D eigenvalue weighted by Crippen LogP contribution is -2.20. The summed E-state index contributed by atoms with van der Waals surface area (Å²) in [7, 11) is 0. The number of thiophene rings is 1. The van der Waals surface area contributed by atoms with E-state index in [1.807, 2.05) is 0 Å². The molecular weight excluding hydrogens is 303 g/mol. The Balaban J connectivity index is 1.85. The molecule has 0 aliphatic heterocycles. The Kier molecular flexibility index (Phi) is 3.05. The molecular formula is C15H13FN4OS. The van der Waals surface area contributed by atoms with Crippen LogP contribution in [0.25, 0.3) is 20.7 Å². The van der Waals surface area contributed by atoms with Crippen LogP contribution >= 0.6 is 11.3 Å². The second kappa shape index (κ2) is 4.96. The predicted molar refractivity (Wildman–Crippen MR) is 83.1 cm³/mol. The van der Waals surface area contributed by atoms with Gasteiger partial charge in [0, 0.05) is 16.6 Å². The molecule has 0 aromatic carbocycles. The largest absolute Gasteiger partial charge is 0.321 e. The summed E-state index contributed by atoms with van der Waals surface area (Å²) in [6.45, 7) is 0. The highest BCUT2D eigenvalue weighted by Gasteiger charge is 2.31. The number of nitrogens with two attached hydrogens (primary N) is 1. The van der Waals surface area contributed by atoms with Crippen LogP contribution in [-0.4, -0.2) is 15.0 Å². The van der Waals surface area contributed by atoms with E-state index in [0.717, 1.165) is 19.0 Å². The summed E-state index contributed by atoms with van der Waals surface area (Å²) in [5.74, 6) is 0.497. The SMILES string of the molecule is N[C@H](c1nc2cc(-c3ccncc3F)sc2c(=O)[nH]1)C1CC1. The maximum atomic E-state index is 13.8. The molecule has 3 N–H and O–H groups in total. The van der Waals surface area contributed by atoms with Crippen LogP contribution in [-0.2, 0) is 0 Å². The second-order valence-corrected chi connectivity index (χ2v) is 6.55. The molecule has 3 aromatic rings. The molecule has 1 saturated carbocycles. The van der Waals surface area contributed by atoms with Gasteiger partial charge in [-0.1, -0.05) is 0 Å². The molecule has 112 valence electrons. The van der Waals surface area contributed by atoms with E-state index in [0.29, 0.717) is 32.4 Å².